The Balaban J connectivity index is 2.20. The van der Waals surface area contributed by atoms with Crippen LogP contribution in [-0.2, 0) is 11.8 Å². The van der Waals surface area contributed by atoms with Crippen LogP contribution < -0.4 is 11.3 Å². The van der Waals surface area contributed by atoms with Crippen LogP contribution in [0.4, 0.5) is 4.39 Å². The topological polar surface area (TPSA) is 129 Å². The van der Waals surface area contributed by atoms with Crippen LogP contribution in [0.25, 0.3) is 11.0 Å². The van der Waals surface area contributed by atoms with E-state index in [1.165, 1.54) is 26.0 Å². The summed E-state index contributed by atoms with van der Waals surface area (Å²) in [6, 6.07) is 7.69. The number of nitrogens with two attached hydrogens (primary N) is 1. The highest BCUT2D eigenvalue weighted by Gasteiger charge is 2.36. The van der Waals surface area contributed by atoms with Crippen molar-refractivity contribution in [2.45, 2.75) is 32.0 Å². The number of hydrogen-bond acceptors (Lipinski definition) is 5. The van der Waals surface area contributed by atoms with Crippen LogP contribution in [0.5, 0.6) is 0 Å². The highest BCUT2D eigenvalue weighted by atomic mass is 19.1. The van der Waals surface area contributed by atoms with E-state index in [1.807, 2.05) is 0 Å². The minimum absolute atomic E-state index is 0.0714. The van der Waals surface area contributed by atoms with E-state index in [-0.39, 0.29) is 22.5 Å². The molecule has 0 fully saturated rings. The van der Waals surface area contributed by atoms with Crippen LogP contribution >= 0.6 is 0 Å². The zero-order chi connectivity index (χ0) is 20.6. The SMILES string of the molecule is CC(C)(c1c(C(N)=O)c(=O)[nH]c2cc(Cc3ccc(F)cc3)cnc12)C(O)O. The summed E-state index contributed by atoms with van der Waals surface area (Å²) in [7, 11) is 0. The predicted octanol–water partition coefficient (Wildman–Crippen LogP) is 1.34. The molecule has 0 radical (unpaired) electrons. The van der Waals surface area contributed by atoms with Gasteiger partial charge in [0.05, 0.1) is 11.0 Å². The Kier molecular flexibility index (Phi) is 5.01. The van der Waals surface area contributed by atoms with Crippen molar-refractivity contribution in [1.82, 2.24) is 9.97 Å². The molecule has 0 saturated heterocycles. The number of halogens is 1. The number of carbonyl (C=O) groups excluding carboxylic acids is 1. The third-order valence-electron chi connectivity index (χ3n) is 4.76. The molecule has 3 aromatic rings. The average Bonchev–Trinajstić information content (AvgIpc) is 2.61. The first kappa shape index (κ1) is 19.7. The first-order valence-electron chi connectivity index (χ1n) is 8.57. The van der Waals surface area contributed by atoms with Crippen LogP contribution in [0.1, 0.15) is 40.9 Å². The Morgan fingerprint density at radius 1 is 1.25 bits per heavy atom. The molecule has 28 heavy (non-hydrogen) atoms. The van der Waals surface area contributed by atoms with Gasteiger partial charge in [0.15, 0.2) is 6.29 Å². The third-order valence-corrected chi connectivity index (χ3v) is 4.76. The van der Waals surface area contributed by atoms with Gasteiger partial charge in [0.2, 0.25) is 0 Å². The van der Waals surface area contributed by atoms with Gasteiger partial charge in [-0.25, -0.2) is 4.39 Å². The number of carbonyl (C=O) groups is 1. The van der Waals surface area contributed by atoms with Crippen molar-refractivity contribution in [1.29, 1.82) is 0 Å². The molecule has 0 aliphatic carbocycles. The number of aromatic nitrogens is 2. The number of aromatic amines is 1. The first-order chi connectivity index (χ1) is 13.1. The number of aliphatic hydroxyl groups excluding tert-OH is 1. The number of H-pyrrole nitrogens is 1. The molecule has 0 aliphatic heterocycles. The number of fused-ring (bicyclic) bond motifs is 1. The van der Waals surface area contributed by atoms with Gasteiger partial charge < -0.3 is 20.9 Å². The Morgan fingerprint density at radius 2 is 1.89 bits per heavy atom. The van der Waals surface area contributed by atoms with E-state index in [2.05, 4.69) is 9.97 Å². The van der Waals surface area contributed by atoms with Gasteiger partial charge in [-0.15, -0.1) is 0 Å². The van der Waals surface area contributed by atoms with E-state index < -0.39 is 23.2 Å². The second kappa shape index (κ2) is 7.14. The van der Waals surface area contributed by atoms with Gasteiger partial charge in [-0.1, -0.05) is 26.0 Å². The summed E-state index contributed by atoms with van der Waals surface area (Å²) in [5, 5.41) is 19.6. The number of hydrogen-bond donors (Lipinski definition) is 4. The van der Waals surface area contributed by atoms with Crippen molar-refractivity contribution in [3.8, 4) is 0 Å². The minimum Gasteiger partial charge on any atom is -0.367 e. The summed E-state index contributed by atoms with van der Waals surface area (Å²) in [5.41, 5.74) is 5.15. The summed E-state index contributed by atoms with van der Waals surface area (Å²) in [5.74, 6) is -1.32. The molecule has 2 aromatic heterocycles. The summed E-state index contributed by atoms with van der Waals surface area (Å²) in [6.45, 7) is 2.96. The number of pyridine rings is 2. The van der Waals surface area contributed by atoms with Gasteiger partial charge in [-0.05, 0) is 35.7 Å². The van der Waals surface area contributed by atoms with Gasteiger partial charge in [0, 0.05) is 17.2 Å². The fourth-order valence-electron chi connectivity index (χ4n) is 3.15. The van der Waals surface area contributed by atoms with E-state index in [4.69, 9.17) is 5.73 Å². The van der Waals surface area contributed by atoms with E-state index >= 15 is 0 Å². The zero-order valence-corrected chi connectivity index (χ0v) is 15.4. The number of rotatable bonds is 5. The van der Waals surface area contributed by atoms with Crippen LogP contribution in [0.3, 0.4) is 0 Å². The number of benzene rings is 1. The maximum Gasteiger partial charge on any atom is 0.261 e. The molecule has 0 unspecified atom stereocenters. The summed E-state index contributed by atoms with van der Waals surface area (Å²) >= 11 is 0. The molecule has 1 aromatic carbocycles. The predicted molar refractivity (Wildman–Crippen MR) is 101 cm³/mol. The lowest BCUT2D eigenvalue weighted by molar-refractivity contribution is -0.0888. The second-order valence-corrected chi connectivity index (χ2v) is 7.21. The summed E-state index contributed by atoms with van der Waals surface area (Å²) in [4.78, 5) is 31.3. The van der Waals surface area contributed by atoms with Crippen LogP contribution in [0, 0.1) is 5.82 Å². The molecular weight excluding hydrogens is 365 g/mol. The molecule has 146 valence electrons. The molecule has 3 rings (SSSR count). The normalized spacial score (nSPS) is 11.9. The molecule has 2 heterocycles. The summed E-state index contributed by atoms with van der Waals surface area (Å²) in [6.07, 6.45) is 0.152. The quantitative estimate of drug-likeness (QED) is 0.493. The minimum atomic E-state index is -1.85. The molecule has 0 bridgehead atoms. The lowest BCUT2D eigenvalue weighted by Crippen LogP contribution is -2.39. The van der Waals surface area contributed by atoms with Gasteiger partial charge in [-0.3, -0.25) is 14.6 Å². The average molecular weight is 385 g/mol. The number of primary amides is 1. The fraction of sp³-hybridized carbons (Fsp3) is 0.250. The highest BCUT2D eigenvalue weighted by Crippen LogP contribution is 2.32. The van der Waals surface area contributed by atoms with Crippen LogP contribution in [0.15, 0.2) is 41.3 Å². The maximum atomic E-state index is 13.1. The van der Waals surface area contributed by atoms with Gasteiger partial charge in [0.25, 0.3) is 11.5 Å². The highest BCUT2D eigenvalue weighted by molar-refractivity contribution is 5.98. The van der Waals surface area contributed by atoms with Crippen molar-refractivity contribution < 1.29 is 19.4 Å². The van der Waals surface area contributed by atoms with Gasteiger partial charge >= 0.3 is 0 Å². The Morgan fingerprint density at radius 3 is 2.46 bits per heavy atom. The van der Waals surface area contributed by atoms with Crippen molar-refractivity contribution in [2.24, 2.45) is 5.73 Å². The number of aliphatic hydroxyl groups is 2. The molecule has 8 heteroatoms. The molecule has 0 spiro atoms. The molecule has 0 aliphatic rings. The van der Waals surface area contributed by atoms with E-state index in [0.717, 1.165) is 11.1 Å². The van der Waals surface area contributed by atoms with Gasteiger partial charge in [-0.2, -0.15) is 0 Å². The number of amides is 1. The van der Waals surface area contributed by atoms with E-state index in [1.54, 1.807) is 24.4 Å². The van der Waals surface area contributed by atoms with Crippen molar-refractivity contribution >= 4 is 16.9 Å². The standard InChI is InChI=1S/C20H20FN3O4/c1-20(2,19(27)28)15-14(17(22)25)18(26)24-13-8-11(9-23-16(13)15)7-10-3-5-12(21)6-4-10/h3-6,8-9,19,27-28H,7H2,1-2H3,(H2,22,25)(H,24,26). The lowest BCUT2D eigenvalue weighted by Gasteiger charge is -2.29. The smallest absolute Gasteiger partial charge is 0.261 e. The third kappa shape index (κ3) is 3.51. The fourth-order valence-corrected chi connectivity index (χ4v) is 3.15. The van der Waals surface area contributed by atoms with Crippen molar-refractivity contribution in [3.63, 3.8) is 0 Å². The largest absolute Gasteiger partial charge is 0.367 e. The van der Waals surface area contributed by atoms with Crippen LogP contribution in [-0.4, -0.2) is 32.4 Å². The molecule has 0 saturated carbocycles. The summed E-state index contributed by atoms with van der Waals surface area (Å²) < 4.78 is 13.1. The molecule has 0 atom stereocenters. The molecule has 5 N–H and O–H groups in total. The number of nitrogens with one attached hydrogen (secondary N) is 1. The Bertz CT molecular complexity index is 1100. The van der Waals surface area contributed by atoms with E-state index in [0.29, 0.717) is 11.9 Å². The molecular formula is C20H20FN3O4. The first-order valence-corrected chi connectivity index (χ1v) is 8.57. The maximum absolute atomic E-state index is 13.1. The van der Waals surface area contributed by atoms with Crippen LogP contribution in [0.2, 0.25) is 0 Å². The second-order valence-electron chi connectivity index (χ2n) is 7.21. The lowest BCUT2D eigenvalue weighted by atomic mass is 9.80. The Hall–Kier alpha value is -3.10. The molecule has 7 nitrogen and oxygen atoms in total. The Labute approximate surface area is 159 Å². The van der Waals surface area contributed by atoms with E-state index in [9.17, 15) is 24.2 Å². The van der Waals surface area contributed by atoms with Crippen molar-refractivity contribution in [2.75, 3.05) is 0 Å². The zero-order valence-electron chi connectivity index (χ0n) is 15.4. The number of nitrogens with zero attached hydrogens (tertiary/aromatic N) is 1. The van der Waals surface area contributed by atoms with Crippen molar-refractivity contribution in [3.05, 3.63) is 75.0 Å². The van der Waals surface area contributed by atoms with Gasteiger partial charge in [0.1, 0.15) is 11.4 Å². The monoisotopic (exact) mass is 385 g/mol. The molecule has 1 amide bonds.